The van der Waals surface area contributed by atoms with E-state index in [1.807, 2.05) is 91.0 Å². The van der Waals surface area contributed by atoms with Gasteiger partial charge in [-0.15, -0.1) is 0 Å². The third kappa shape index (κ3) is 28.2. The van der Waals surface area contributed by atoms with Gasteiger partial charge in [-0.25, -0.2) is 28.8 Å². The van der Waals surface area contributed by atoms with Crippen molar-refractivity contribution in [3.63, 3.8) is 0 Å². The van der Waals surface area contributed by atoms with Crippen molar-refractivity contribution < 1.29 is 106 Å². The lowest BCUT2D eigenvalue weighted by Gasteiger charge is -2.63. The number of rotatable bonds is 32. The van der Waals surface area contributed by atoms with Gasteiger partial charge in [-0.05, 0) is 240 Å². The maximum absolute atomic E-state index is 13.9. The summed E-state index contributed by atoms with van der Waals surface area (Å²) in [5, 5.41) is 39.4. The van der Waals surface area contributed by atoms with Crippen LogP contribution in [0.25, 0.3) is 44.5 Å². The quantitative estimate of drug-likeness (QED) is 0.00621. The fourth-order valence-corrected chi connectivity index (χ4v) is 23.1. The van der Waals surface area contributed by atoms with Crippen molar-refractivity contribution in [2.24, 2.45) is 57.8 Å². The number of fused-ring (bicyclic) bond motifs is 17. The number of esters is 2. The topological polar surface area (TPSA) is 422 Å². The molecule has 8 aliphatic carbocycles. The molecule has 148 heavy (non-hydrogen) atoms. The molecule has 0 radical (unpaired) electrons. The highest BCUT2D eigenvalue weighted by atomic mass is 16.6. The molecular formula is C120H134N6O22. The number of hydrogen-bond acceptors (Lipinski definition) is 21. The molecule has 28 heteroatoms. The zero-order valence-electron chi connectivity index (χ0n) is 84.5. The number of carbonyl (C=O) groups excluding carboxylic acids is 8. The second kappa shape index (κ2) is 54.0. The summed E-state index contributed by atoms with van der Waals surface area (Å²) in [6.45, 7) is 27.7. The number of aromatic carboxylic acids is 2. The normalized spacial score (nSPS) is 19.1. The summed E-state index contributed by atoms with van der Waals surface area (Å²) in [6, 6.07) is 75.7. The van der Waals surface area contributed by atoms with Crippen LogP contribution >= 0.6 is 0 Å². The van der Waals surface area contributed by atoms with E-state index >= 15 is 0 Å². The van der Waals surface area contributed by atoms with Crippen LogP contribution in [0, 0.1) is 46.3 Å². The lowest BCUT2D eigenvalue weighted by atomic mass is 9.43. The number of ether oxygens (including phenoxy) is 8. The van der Waals surface area contributed by atoms with Gasteiger partial charge >= 0.3 is 54.2 Å². The Hall–Kier alpha value is -15.6. The van der Waals surface area contributed by atoms with E-state index in [1.165, 1.54) is 111 Å². The number of benzene rings is 10. The first-order valence-corrected chi connectivity index (χ1v) is 50.1. The highest BCUT2D eigenvalue weighted by molar-refractivity contribution is 5.89. The van der Waals surface area contributed by atoms with E-state index in [-0.39, 0.29) is 122 Å². The molecule has 0 saturated heterocycles. The highest BCUT2D eigenvalue weighted by Gasteiger charge is 2.64. The molecular weight excluding hydrogens is 1880 g/mol. The molecule has 0 aromatic heterocycles. The summed E-state index contributed by atoms with van der Waals surface area (Å²) in [7, 11) is 0. The molecule has 28 nitrogen and oxygen atoms in total. The summed E-state index contributed by atoms with van der Waals surface area (Å²) in [4.78, 5) is 125. The summed E-state index contributed by atoms with van der Waals surface area (Å²) < 4.78 is 40.6. The molecule has 8 aliphatic rings. The van der Waals surface area contributed by atoms with Gasteiger partial charge in [0.2, 0.25) is 0 Å². The van der Waals surface area contributed by atoms with Crippen LogP contribution in [0.2, 0.25) is 0 Å². The van der Waals surface area contributed by atoms with Crippen molar-refractivity contribution in [2.45, 2.75) is 161 Å². The molecule has 11 N–H and O–H groups in total. The average Bonchev–Trinajstić information content (AvgIpc) is 1.68. The first kappa shape index (κ1) is 111. The van der Waals surface area contributed by atoms with Gasteiger partial charge in [-0.1, -0.05) is 278 Å². The molecule has 10 aromatic rings. The van der Waals surface area contributed by atoms with Crippen LogP contribution in [0.4, 0.5) is 19.2 Å². The molecule has 0 bridgehead atoms. The molecule has 0 heterocycles. The number of nitrogens with two attached hydrogens (primary N) is 2. The molecule has 4 fully saturated rings. The van der Waals surface area contributed by atoms with Crippen LogP contribution < -0.4 is 32.7 Å². The molecule has 18 rings (SSSR count). The van der Waals surface area contributed by atoms with E-state index < -0.39 is 36.2 Å². The first-order valence-electron chi connectivity index (χ1n) is 50.1. The smallest absolute Gasteiger partial charge is 0.407 e. The largest absolute Gasteiger partial charge is 0.481 e. The average molecular weight is 2010 g/mol. The van der Waals surface area contributed by atoms with Crippen molar-refractivity contribution in [1.82, 2.24) is 21.3 Å². The second-order valence-corrected chi connectivity index (χ2v) is 38.5. The number of nitrogens with one attached hydrogen (secondary N) is 4. The molecule has 776 valence electrons. The minimum Gasteiger partial charge on any atom is -0.481 e. The maximum Gasteiger partial charge on any atom is 0.407 e. The van der Waals surface area contributed by atoms with Gasteiger partial charge in [0.1, 0.15) is 52.9 Å². The van der Waals surface area contributed by atoms with Crippen LogP contribution in [0.5, 0.6) is 0 Å². The number of carboxylic acids is 3. The van der Waals surface area contributed by atoms with Gasteiger partial charge in [0.25, 0.3) is 12.9 Å². The standard InChI is InChI=1S/C43H56N2O6.C28H26N2O6.C16H14O2.C15H12O2.C9H12N2O2.C5H8O2.C4H6O2/c1-5-22-50-40(48)44-28-18-20-42(3)27(23-28)24-37(39-35-16-15-34(26(2)14-17-38(46)47)43(35,4)21-19-36(39)42)45-41(49)51-25-33-31-12-8-6-10-29(31)30-11-7-9-13-32(30)33;1-2-11-35-27(33)29-15-18-12-19(14-20(13-18)26(31)32)16-30-28(34)36-17-25-23-9-5-3-7-21(23)22-8-4-6-10-24(22)25;1-11(17)18-10-16-14-8-4-2-6-12(14)13-7-3-5-9-15(13)16;16-10-17-9-15-13-7-3-1-5-11(13)12-6-2-4-8-14(12)15;10-4-6-1-7(5-11)3-8(2-6)9(12)13;1-3-4-7-5(2)6;1-2-3-6-4-5/h5-13,26-28,33-37,39H,1,14-25H2,2-4H3,(H,44,48)(H,45,49)(H,46,47);2-10,12-14,25H,1,11,15-17H2,(H,29,33)(H,30,34)(H,31,32);2-9,16H,10H2,1H3;1-8,10,15H,9H2;1-3H,4-5,10-11H2,(H,12,13);3H,1,4H2,2H3;2,4H,1,3H2/t26?,27-,28-,34?,35?,36?,37-,39?,42+,43-;;;;;;/m1....../s1. The number of carbonyl (C=O) groups is 11. The lowest BCUT2D eigenvalue weighted by Crippen LogP contribution is -2.63. The molecule has 10 aromatic carbocycles. The molecule has 10 atom stereocenters. The number of alkyl carbamates (subject to hydrolysis) is 4. The van der Waals surface area contributed by atoms with Crippen molar-refractivity contribution in [3.8, 4) is 44.5 Å². The number of aliphatic carboxylic acids is 1. The zero-order valence-corrected chi connectivity index (χ0v) is 84.5. The van der Waals surface area contributed by atoms with Crippen molar-refractivity contribution in [1.29, 1.82) is 0 Å². The summed E-state index contributed by atoms with van der Waals surface area (Å²) >= 11 is 0. The fraction of sp³-hybridized carbons (Fsp3) is 0.342. The number of amides is 4. The predicted octanol–water partition coefficient (Wildman–Crippen LogP) is 21.5. The van der Waals surface area contributed by atoms with E-state index in [0.29, 0.717) is 106 Å². The van der Waals surface area contributed by atoms with E-state index in [4.69, 9.17) is 45.0 Å². The Morgan fingerprint density at radius 3 is 1.11 bits per heavy atom. The Morgan fingerprint density at radius 2 is 0.743 bits per heavy atom. The van der Waals surface area contributed by atoms with Gasteiger partial charge in [-0.2, -0.15) is 0 Å². The van der Waals surface area contributed by atoms with Crippen LogP contribution in [0.1, 0.15) is 210 Å². The Morgan fingerprint density at radius 1 is 0.399 bits per heavy atom. The van der Waals surface area contributed by atoms with Gasteiger partial charge in [0.15, 0.2) is 0 Å². The third-order valence-electron chi connectivity index (χ3n) is 29.6. The predicted molar refractivity (Wildman–Crippen MR) is 565 cm³/mol. The van der Waals surface area contributed by atoms with Crippen LogP contribution in [0.15, 0.2) is 281 Å². The van der Waals surface area contributed by atoms with Gasteiger partial charge in [0, 0.05) is 82.2 Å². The fourth-order valence-electron chi connectivity index (χ4n) is 23.1. The van der Waals surface area contributed by atoms with Crippen LogP contribution in [-0.2, 0) is 88.0 Å². The minimum atomic E-state index is -1.12. The molecule has 4 saturated carbocycles. The SMILES string of the molecule is C=CCOC(=O)NCc1cc(CNC(=O)OCC2c3ccccc3-c3ccccc32)cc(C(=O)O)c1.C=CCOC(=O)N[C@@H]1CC[C@]2(C)C3CC[C@]4(C)C(C(C)CCC(=O)O)CCC4C3[C@H](NC(=O)OCC3c4ccccc4-c4ccccc43)C[C@H]2C1.C=CCOC(C)=O.C=CCOC=O.CC(=O)OCC1c2ccccc2-c2ccccc21.NCc1cc(CN)cc(C(=O)O)c1.O=COCC1c2ccccc2-c2ccccc21. The van der Waals surface area contributed by atoms with Gasteiger partial charge in [-0.3, -0.25) is 24.0 Å². The highest BCUT2D eigenvalue weighted by Crippen LogP contribution is 2.69. The van der Waals surface area contributed by atoms with Crippen molar-refractivity contribution >= 4 is 67.2 Å². The van der Waals surface area contributed by atoms with Crippen molar-refractivity contribution in [2.75, 3.05) is 52.9 Å². The minimum absolute atomic E-state index is 0.00239. The van der Waals surface area contributed by atoms with Crippen LogP contribution in [0.3, 0.4) is 0 Å². The van der Waals surface area contributed by atoms with Crippen LogP contribution in [-0.4, -0.2) is 147 Å². The third-order valence-corrected chi connectivity index (χ3v) is 29.6. The molecule has 5 unspecified atom stereocenters. The van der Waals surface area contributed by atoms with E-state index in [9.17, 15) is 63.0 Å². The van der Waals surface area contributed by atoms with Gasteiger partial charge in [0.05, 0.1) is 11.1 Å². The zero-order chi connectivity index (χ0) is 106. The summed E-state index contributed by atoms with van der Waals surface area (Å²) in [5.41, 5.74) is 33.3. The summed E-state index contributed by atoms with van der Waals surface area (Å²) in [6.07, 6.45) is 13.1. The second-order valence-electron chi connectivity index (χ2n) is 38.5. The Balaban J connectivity index is 0.000000172. The Kier molecular flexibility index (Phi) is 40.6. The summed E-state index contributed by atoms with van der Waals surface area (Å²) in [5.74, 6) is -0.608. The lowest BCUT2D eigenvalue weighted by molar-refractivity contribution is -0.141. The van der Waals surface area contributed by atoms with E-state index in [0.717, 1.165) is 84.7 Å². The Labute approximate surface area is 864 Å². The van der Waals surface area contributed by atoms with Gasteiger partial charge < -0.3 is 85.9 Å². The molecule has 0 spiro atoms. The number of hydrogen-bond donors (Lipinski definition) is 9. The van der Waals surface area contributed by atoms with Crippen molar-refractivity contribution in [3.05, 3.63) is 359 Å². The maximum atomic E-state index is 13.9. The molecule has 4 amide bonds. The van der Waals surface area contributed by atoms with E-state index in [1.54, 1.807) is 24.3 Å². The Bertz CT molecular complexity index is 6160. The first-order chi connectivity index (χ1) is 71.5. The molecule has 0 aliphatic heterocycles. The number of carboxylic acid groups (broad SMARTS) is 3. The monoisotopic (exact) mass is 2010 g/mol. The van der Waals surface area contributed by atoms with E-state index in [2.05, 4.69) is 187 Å².